The normalized spacial score (nSPS) is 23.1. The van der Waals surface area contributed by atoms with Gasteiger partial charge in [-0.15, -0.1) is 0 Å². The van der Waals surface area contributed by atoms with Crippen LogP contribution in [0.3, 0.4) is 0 Å². The van der Waals surface area contributed by atoms with Crippen molar-refractivity contribution in [1.82, 2.24) is 0 Å². The molecular formula is C18H14N2O5. The lowest BCUT2D eigenvalue weighted by molar-refractivity contribution is -0.134. The van der Waals surface area contributed by atoms with Crippen molar-refractivity contribution in [3.05, 3.63) is 65.8 Å². The molecule has 0 bridgehead atoms. The van der Waals surface area contributed by atoms with E-state index in [1.54, 1.807) is 36.4 Å². The number of nitrogens with one attached hydrogen (secondary N) is 1. The largest absolute Gasteiger partial charge is 0.478 e. The van der Waals surface area contributed by atoms with Gasteiger partial charge in [-0.2, -0.15) is 5.10 Å². The van der Waals surface area contributed by atoms with Crippen molar-refractivity contribution in [2.24, 2.45) is 16.9 Å². The molecule has 126 valence electrons. The van der Waals surface area contributed by atoms with Crippen molar-refractivity contribution in [1.29, 1.82) is 0 Å². The average Bonchev–Trinajstić information content (AvgIpc) is 2.60. The number of aliphatic carboxylic acids is 1. The summed E-state index contributed by atoms with van der Waals surface area (Å²) >= 11 is 0. The van der Waals surface area contributed by atoms with E-state index in [2.05, 4.69) is 10.5 Å². The van der Waals surface area contributed by atoms with Gasteiger partial charge in [0, 0.05) is 11.8 Å². The second-order valence-corrected chi connectivity index (χ2v) is 5.55. The predicted octanol–water partition coefficient (Wildman–Crippen LogP) is 2.10. The fraction of sp³-hybridized carbons (Fsp3) is 0.111. The van der Waals surface area contributed by atoms with Gasteiger partial charge in [0.15, 0.2) is 0 Å². The molecule has 3 N–H and O–H groups in total. The van der Waals surface area contributed by atoms with E-state index in [1.165, 1.54) is 18.2 Å². The van der Waals surface area contributed by atoms with Crippen molar-refractivity contribution in [3.8, 4) is 0 Å². The highest BCUT2D eigenvalue weighted by Gasteiger charge is 2.37. The van der Waals surface area contributed by atoms with Gasteiger partial charge in [-0.1, -0.05) is 42.5 Å². The number of anilines is 1. The number of fused-ring (bicyclic) bond motifs is 1. The molecule has 1 aromatic carbocycles. The summed E-state index contributed by atoms with van der Waals surface area (Å²) in [5.41, 5.74) is 2.50. The first-order chi connectivity index (χ1) is 12.0. The molecule has 2 aliphatic carbocycles. The third-order valence-corrected chi connectivity index (χ3v) is 4.01. The van der Waals surface area contributed by atoms with Crippen LogP contribution in [0.5, 0.6) is 0 Å². The van der Waals surface area contributed by atoms with Crippen LogP contribution in [0, 0.1) is 11.8 Å². The molecule has 2 atom stereocenters. The summed E-state index contributed by atoms with van der Waals surface area (Å²) in [6.45, 7) is 0. The standard InChI is InChI=1S/C18H14N2O5/c21-16-13(18(24)25)9-10-5-1-2-6-11(10)15(16)20-19-14-8-4-3-7-12(14)17(22)23/h1-11,19H,(H,22,23)(H,24,25)/b20-15+. The summed E-state index contributed by atoms with van der Waals surface area (Å²) in [5, 5.41) is 22.5. The van der Waals surface area contributed by atoms with Crippen LogP contribution in [0.1, 0.15) is 10.4 Å². The Bertz CT molecular complexity index is 879. The van der Waals surface area contributed by atoms with Crippen molar-refractivity contribution in [2.45, 2.75) is 0 Å². The summed E-state index contributed by atoms with van der Waals surface area (Å²) in [4.78, 5) is 35.0. The van der Waals surface area contributed by atoms with Gasteiger partial charge in [0.25, 0.3) is 0 Å². The van der Waals surface area contributed by atoms with Gasteiger partial charge in [-0.25, -0.2) is 9.59 Å². The Morgan fingerprint density at radius 1 is 1.04 bits per heavy atom. The summed E-state index contributed by atoms with van der Waals surface area (Å²) in [5.74, 6) is -3.82. The van der Waals surface area contributed by atoms with Gasteiger partial charge in [0.05, 0.1) is 11.3 Å². The fourth-order valence-electron chi connectivity index (χ4n) is 2.80. The molecule has 7 heteroatoms. The first-order valence-corrected chi connectivity index (χ1v) is 7.49. The molecule has 0 heterocycles. The molecule has 0 amide bonds. The SMILES string of the molecule is O=C(O)C1=CC2C=CC=CC2/C(=N\Nc2ccccc2C(=O)O)C1=O. The number of carboxylic acids is 2. The van der Waals surface area contributed by atoms with Gasteiger partial charge in [0.1, 0.15) is 11.3 Å². The number of hydrogen-bond donors (Lipinski definition) is 3. The zero-order valence-corrected chi connectivity index (χ0v) is 12.9. The van der Waals surface area contributed by atoms with Gasteiger partial charge in [-0.05, 0) is 12.1 Å². The Balaban J connectivity index is 1.99. The lowest BCUT2D eigenvalue weighted by Crippen LogP contribution is -2.37. The smallest absolute Gasteiger partial charge is 0.339 e. The maximum atomic E-state index is 12.5. The maximum Gasteiger partial charge on any atom is 0.339 e. The molecule has 2 aliphatic rings. The number of rotatable bonds is 4. The van der Waals surface area contributed by atoms with Crippen LogP contribution in [-0.4, -0.2) is 33.6 Å². The lowest BCUT2D eigenvalue weighted by Gasteiger charge is -2.27. The highest BCUT2D eigenvalue weighted by Crippen LogP contribution is 2.30. The Hall–Kier alpha value is -3.48. The number of carboxylic acid groups (broad SMARTS) is 2. The van der Waals surface area contributed by atoms with Crippen LogP contribution in [0.2, 0.25) is 0 Å². The van der Waals surface area contributed by atoms with E-state index in [4.69, 9.17) is 0 Å². The highest BCUT2D eigenvalue weighted by atomic mass is 16.4. The number of hydrogen-bond acceptors (Lipinski definition) is 5. The van der Waals surface area contributed by atoms with E-state index >= 15 is 0 Å². The first kappa shape index (κ1) is 16.4. The van der Waals surface area contributed by atoms with Crippen LogP contribution in [0.4, 0.5) is 5.69 Å². The maximum absolute atomic E-state index is 12.5. The van der Waals surface area contributed by atoms with E-state index < -0.39 is 23.6 Å². The number of Topliss-reactive ketones (excluding diaryl/α,β-unsaturated/α-hetero) is 1. The van der Waals surface area contributed by atoms with Gasteiger partial charge >= 0.3 is 11.9 Å². The number of aromatic carboxylic acids is 1. The Morgan fingerprint density at radius 3 is 2.48 bits per heavy atom. The number of carbonyl (C=O) groups is 3. The van der Waals surface area contributed by atoms with Gasteiger partial charge in [0.2, 0.25) is 5.78 Å². The Labute approximate surface area is 142 Å². The van der Waals surface area contributed by atoms with Gasteiger partial charge < -0.3 is 10.2 Å². The molecule has 0 saturated heterocycles. The zero-order valence-electron chi connectivity index (χ0n) is 12.9. The summed E-state index contributed by atoms with van der Waals surface area (Å²) in [7, 11) is 0. The molecule has 0 saturated carbocycles. The molecule has 0 spiro atoms. The van der Waals surface area contributed by atoms with Crippen LogP contribution in [0.25, 0.3) is 0 Å². The zero-order chi connectivity index (χ0) is 18.0. The molecule has 1 aromatic rings. The lowest BCUT2D eigenvalue weighted by atomic mass is 9.76. The topological polar surface area (TPSA) is 116 Å². The van der Waals surface area contributed by atoms with Crippen molar-refractivity contribution in [3.63, 3.8) is 0 Å². The highest BCUT2D eigenvalue weighted by molar-refractivity contribution is 6.52. The van der Waals surface area contributed by atoms with E-state index in [9.17, 15) is 24.6 Å². The molecule has 0 aromatic heterocycles. The number of allylic oxidation sites excluding steroid dienone is 5. The van der Waals surface area contributed by atoms with Crippen LogP contribution >= 0.6 is 0 Å². The third kappa shape index (κ3) is 3.12. The molecule has 0 radical (unpaired) electrons. The summed E-state index contributed by atoms with van der Waals surface area (Å²) < 4.78 is 0. The van der Waals surface area contributed by atoms with Crippen molar-refractivity contribution < 1.29 is 24.6 Å². The summed E-state index contributed by atoms with van der Waals surface area (Å²) in [6, 6.07) is 6.13. The molecule has 0 aliphatic heterocycles. The molecule has 7 nitrogen and oxygen atoms in total. The van der Waals surface area contributed by atoms with Crippen LogP contribution in [0.15, 0.2) is 65.3 Å². The average molecular weight is 338 g/mol. The van der Waals surface area contributed by atoms with Gasteiger partial charge in [-0.3, -0.25) is 10.2 Å². The molecule has 25 heavy (non-hydrogen) atoms. The van der Waals surface area contributed by atoms with Crippen LogP contribution < -0.4 is 5.43 Å². The monoisotopic (exact) mass is 338 g/mol. The number of para-hydroxylation sites is 1. The first-order valence-electron chi connectivity index (χ1n) is 7.49. The van der Waals surface area contributed by atoms with Crippen LogP contribution in [-0.2, 0) is 9.59 Å². The molecule has 0 fully saturated rings. The minimum atomic E-state index is -1.31. The molecular weight excluding hydrogens is 324 g/mol. The van der Waals surface area contributed by atoms with E-state index in [0.717, 1.165) is 0 Å². The molecule has 2 unspecified atom stereocenters. The second kappa shape index (κ2) is 6.56. The quantitative estimate of drug-likeness (QED) is 0.572. The minimum absolute atomic E-state index is 0.000240. The van der Waals surface area contributed by atoms with E-state index in [0.29, 0.717) is 0 Å². The third-order valence-electron chi connectivity index (χ3n) is 4.01. The second-order valence-electron chi connectivity index (χ2n) is 5.55. The number of benzene rings is 1. The molecule has 3 rings (SSSR count). The number of nitrogens with zero attached hydrogens (tertiary/aromatic N) is 1. The number of carbonyl (C=O) groups excluding carboxylic acids is 1. The number of ketones is 1. The minimum Gasteiger partial charge on any atom is -0.478 e. The Kier molecular flexibility index (Phi) is 4.30. The number of hydrazone groups is 1. The fourth-order valence-corrected chi connectivity index (χ4v) is 2.80. The van der Waals surface area contributed by atoms with E-state index in [-0.39, 0.29) is 28.5 Å². The van der Waals surface area contributed by atoms with E-state index in [1.807, 2.05) is 0 Å². The Morgan fingerprint density at radius 2 is 1.76 bits per heavy atom. The van der Waals surface area contributed by atoms with Crippen molar-refractivity contribution >= 4 is 29.1 Å². The summed E-state index contributed by atoms with van der Waals surface area (Å²) in [6.07, 6.45) is 8.51. The van der Waals surface area contributed by atoms with Crippen molar-refractivity contribution in [2.75, 3.05) is 5.43 Å². The predicted molar refractivity (Wildman–Crippen MR) is 90.4 cm³/mol.